The molecule has 0 spiro atoms. The zero-order valence-corrected chi connectivity index (χ0v) is 22.7. The van der Waals surface area contributed by atoms with Crippen molar-refractivity contribution < 1.29 is 24.4 Å². The lowest BCUT2D eigenvalue weighted by Crippen LogP contribution is -3.13. The van der Waals surface area contributed by atoms with E-state index in [4.69, 9.17) is 4.42 Å². The number of hydrogen-bond donors (Lipinski definition) is 2. The third-order valence-electron chi connectivity index (χ3n) is 8.41. The van der Waals surface area contributed by atoms with E-state index < -0.39 is 5.75 Å². The van der Waals surface area contributed by atoms with Crippen LogP contribution in [0.25, 0.3) is 22.3 Å². The Balaban J connectivity index is 1.65. The molecular formula is C31H40N2O4. The van der Waals surface area contributed by atoms with Crippen molar-refractivity contribution in [3.8, 4) is 22.8 Å². The lowest BCUT2D eigenvalue weighted by Gasteiger charge is -2.38. The summed E-state index contributed by atoms with van der Waals surface area (Å²) in [7, 11) is 0. The molecule has 0 radical (unpaired) electrons. The van der Waals surface area contributed by atoms with E-state index in [0.29, 0.717) is 24.4 Å². The van der Waals surface area contributed by atoms with Crippen LogP contribution in [0, 0.1) is 10.8 Å². The summed E-state index contributed by atoms with van der Waals surface area (Å²) < 4.78 is 6.27. The van der Waals surface area contributed by atoms with Crippen molar-refractivity contribution in [3.63, 3.8) is 0 Å². The maximum atomic E-state index is 14.0. The SMILES string of the molecule is CC1(C)CCC[NH+](Cc2c([O-])c(C[NH+]3CCCC(C)(C)C3)c3oc(-c4ccccc4)cc(=O)c3c2[O-])C1. The molecule has 3 heterocycles. The Labute approximate surface area is 219 Å². The van der Waals surface area contributed by atoms with E-state index in [9.17, 15) is 15.0 Å². The van der Waals surface area contributed by atoms with Crippen molar-refractivity contribution in [1.82, 2.24) is 0 Å². The molecule has 2 aromatic carbocycles. The Morgan fingerprint density at radius 2 is 1.41 bits per heavy atom. The second-order valence-electron chi connectivity index (χ2n) is 12.9. The molecule has 2 unspecified atom stereocenters. The van der Waals surface area contributed by atoms with Gasteiger partial charge in [0.15, 0.2) is 5.43 Å². The van der Waals surface area contributed by atoms with Gasteiger partial charge in [0.05, 0.1) is 31.6 Å². The molecule has 2 N–H and O–H groups in total. The van der Waals surface area contributed by atoms with Gasteiger partial charge in [0, 0.05) is 28.0 Å². The highest BCUT2D eigenvalue weighted by atomic mass is 16.3. The van der Waals surface area contributed by atoms with Crippen molar-refractivity contribution >= 4 is 11.0 Å². The minimum atomic E-state index is -0.443. The molecule has 5 rings (SSSR count). The van der Waals surface area contributed by atoms with Gasteiger partial charge in [-0.2, -0.15) is 0 Å². The Morgan fingerprint density at radius 3 is 1.97 bits per heavy atom. The minimum Gasteiger partial charge on any atom is -0.872 e. The van der Waals surface area contributed by atoms with Crippen LogP contribution in [-0.4, -0.2) is 26.2 Å². The summed E-state index contributed by atoms with van der Waals surface area (Å²) >= 11 is 0. The number of likely N-dealkylation sites (tertiary alicyclic amines) is 2. The molecule has 0 bridgehead atoms. The molecule has 2 aliphatic heterocycles. The predicted octanol–water partition coefficient (Wildman–Crippen LogP) is 2.02. The highest BCUT2D eigenvalue weighted by Gasteiger charge is 2.32. The van der Waals surface area contributed by atoms with Crippen LogP contribution >= 0.6 is 0 Å². The van der Waals surface area contributed by atoms with E-state index in [-0.39, 0.29) is 38.5 Å². The monoisotopic (exact) mass is 504 g/mol. The fraction of sp³-hybridized carbons (Fsp3) is 0.516. The molecular weight excluding hydrogens is 464 g/mol. The first-order valence-corrected chi connectivity index (χ1v) is 13.8. The molecule has 6 nitrogen and oxygen atoms in total. The average molecular weight is 505 g/mol. The molecule has 0 saturated carbocycles. The van der Waals surface area contributed by atoms with Crippen LogP contribution in [-0.2, 0) is 13.1 Å². The molecule has 2 atom stereocenters. The van der Waals surface area contributed by atoms with Crippen LogP contribution in [0.15, 0.2) is 45.6 Å². The summed E-state index contributed by atoms with van der Waals surface area (Å²) in [6, 6.07) is 10.8. The van der Waals surface area contributed by atoms with Crippen LogP contribution in [0.5, 0.6) is 11.5 Å². The maximum Gasteiger partial charge on any atom is 0.192 e. The van der Waals surface area contributed by atoms with Crippen LogP contribution in [0.4, 0.5) is 0 Å². The van der Waals surface area contributed by atoms with Crippen LogP contribution in [0.3, 0.4) is 0 Å². The summed E-state index contributed by atoms with van der Waals surface area (Å²) in [6.45, 7) is 13.6. The minimum absolute atomic E-state index is 0.0376. The van der Waals surface area contributed by atoms with Gasteiger partial charge in [-0.05, 0) is 31.2 Å². The zero-order valence-electron chi connectivity index (χ0n) is 22.7. The van der Waals surface area contributed by atoms with Gasteiger partial charge in [0.2, 0.25) is 0 Å². The third kappa shape index (κ3) is 5.41. The van der Waals surface area contributed by atoms with Crippen LogP contribution in [0.2, 0.25) is 0 Å². The first-order chi connectivity index (χ1) is 17.5. The fourth-order valence-corrected chi connectivity index (χ4v) is 6.67. The van der Waals surface area contributed by atoms with Crippen molar-refractivity contribution in [2.75, 3.05) is 26.2 Å². The lowest BCUT2D eigenvalue weighted by atomic mass is 9.83. The molecule has 3 aromatic rings. The van der Waals surface area contributed by atoms with Crippen molar-refractivity contribution in [1.29, 1.82) is 0 Å². The van der Waals surface area contributed by atoms with Gasteiger partial charge in [0.1, 0.15) is 24.4 Å². The Morgan fingerprint density at radius 1 is 0.838 bits per heavy atom. The van der Waals surface area contributed by atoms with E-state index in [1.165, 1.54) is 15.9 Å². The predicted molar refractivity (Wildman–Crippen MR) is 142 cm³/mol. The number of quaternary nitrogens is 2. The van der Waals surface area contributed by atoms with E-state index in [2.05, 4.69) is 27.7 Å². The summed E-state index contributed by atoms with van der Waals surface area (Å²) in [5.41, 5.74) is 1.68. The van der Waals surface area contributed by atoms with E-state index in [1.807, 2.05) is 30.3 Å². The van der Waals surface area contributed by atoms with Crippen molar-refractivity contribution in [2.24, 2.45) is 10.8 Å². The molecule has 198 valence electrons. The second-order valence-corrected chi connectivity index (χ2v) is 12.9. The molecule has 0 amide bonds. The first kappa shape index (κ1) is 25.8. The standard InChI is InChI=1S/C31H40N2O4/c1-30(2)12-8-14-32(19-30)17-22-27(35)23(18-33-15-9-13-31(3,4)20-33)29-26(28(22)36)24(34)16-25(37-29)21-10-6-5-7-11-21/h5-7,10-11,16,35-36H,8-9,12-15,17-20H2,1-4H3. The maximum absolute atomic E-state index is 14.0. The number of piperidine rings is 2. The first-order valence-electron chi connectivity index (χ1n) is 13.8. The van der Waals surface area contributed by atoms with Crippen molar-refractivity contribution in [2.45, 2.75) is 66.5 Å². The number of fused-ring (bicyclic) bond motifs is 1. The molecule has 37 heavy (non-hydrogen) atoms. The summed E-state index contributed by atoms with van der Waals surface area (Å²) in [5, 5.41) is 27.8. The number of benzene rings is 2. The topological polar surface area (TPSA) is 85.2 Å². The van der Waals surface area contributed by atoms with Crippen molar-refractivity contribution in [3.05, 3.63) is 57.7 Å². The van der Waals surface area contributed by atoms with Gasteiger partial charge >= 0.3 is 0 Å². The molecule has 6 heteroatoms. The Hall–Kier alpha value is -2.83. The fourth-order valence-electron chi connectivity index (χ4n) is 6.67. The third-order valence-corrected chi connectivity index (χ3v) is 8.41. The molecule has 2 saturated heterocycles. The molecule has 2 aliphatic rings. The number of hydrogen-bond acceptors (Lipinski definition) is 4. The van der Waals surface area contributed by atoms with Gasteiger partial charge in [-0.15, -0.1) is 0 Å². The summed E-state index contributed by atoms with van der Waals surface area (Å²) in [4.78, 5) is 16.0. The molecule has 2 fully saturated rings. The van der Waals surface area contributed by atoms with Gasteiger partial charge in [-0.25, -0.2) is 0 Å². The van der Waals surface area contributed by atoms with Gasteiger partial charge < -0.3 is 24.4 Å². The number of nitrogens with one attached hydrogen (secondary N) is 2. The van der Waals surface area contributed by atoms with Crippen LogP contribution in [0.1, 0.15) is 64.5 Å². The highest BCUT2D eigenvalue weighted by Crippen LogP contribution is 2.37. The Bertz CT molecular complexity index is 1340. The van der Waals surface area contributed by atoms with Gasteiger partial charge in [-0.1, -0.05) is 69.5 Å². The molecule has 0 aliphatic carbocycles. The Kier molecular flexibility index (Phi) is 6.84. The lowest BCUT2D eigenvalue weighted by molar-refractivity contribution is -0.926. The van der Waals surface area contributed by atoms with E-state index in [1.54, 1.807) is 0 Å². The summed E-state index contributed by atoms with van der Waals surface area (Å²) in [5.74, 6) is -0.275. The van der Waals surface area contributed by atoms with Gasteiger partial charge in [-0.3, -0.25) is 4.79 Å². The van der Waals surface area contributed by atoms with Crippen LogP contribution < -0.4 is 25.4 Å². The van der Waals surface area contributed by atoms with Gasteiger partial charge in [0.25, 0.3) is 0 Å². The quantitative estimate of drug-likeness (QED) is 0.557. The normalized spacial score (nSPS) is 23.2. The highest BCUT2D eigenvalue weighted by molar-refractivity contribution is 5.90. The van der Waals surface area contributed by atoms with E-state index >= 15 is 0 Å². The smallest absolute Gasteiger partial charge is 0.192 e. The average Bonchev–Trinajstić information content (AvgIpc) is 2.83. The largest absolute Gasteiger partial charge is 0.872 e. The second kappa shape index (κ2) is 9.80. The zero-order chi connectivity index (χ0) is 26.4. The summed E-state index contributed by atoms with van der Waals surface area (Å²) in [6.07, 6.45) is 4.47. The number of rotatable bonds is 5. The molecule has 1 aromatic heterocycles. The van der Waals surface area contributed by atoms with E-state index in [0.717, 1.165) is 57.4 Å².